The molecule has 96 valence electrons. The molecule has 1 aromatic carbocycles. The van der Waals surface area contributed by atoms with Gasteiger partial charge in [0.25, 0.3) is 0 Å². The van der Waals surface area contributed by atoms with Crippen molar-refractivity contribution >= 4 is 11.6 Å². The second kappa shape index (κ2) is 4.75. The Labute approximate surface area is 109 Å². The quantitative estimate of drug-likeness (QED) is 0.860. The third kappa shape index (κ3) is 2.43. The number of benzene rings is 1. The molecule has 2 fully saturated rings. The average Bonchev–Trinajstić information content (AvgIpc) is 2.94. The molecule has 2 bridgehead atoms. The van der Waals surface area contributed by atoms with Gasteiger partial charge in [0.05, 0.1) is 0 Å². The van der Waals surface area contributed by atoms with E-state index in [1.54, 1.807) is 0 Å². The molecular weight excluding hydrogens is 222 g/mol. The lowest BCUT2D eigenvalue weighted by Gasteiger charge is -2.20. The zero-order valence-corrected chi connectivity index (χ0v) is 11.0. The third-order valence-electron chi connectivity index (χ3n) is 4.67. The molecule has 0 aliphatic heterocycles. The molecule has 0 unspecified atom stereocenters. The number of hydrogen-bond donors (Lipinski definition) is 1. The van der Waals surface area contributed by atoms with Crippen LogP contribution in [0.3, 0.4) is 0 Å². The van der Waals surface area contributed by atoms with Gasteiger partial charge in [0.2, 0.25) is 5.91 Å². The van der Waals surface area contributed by atoms with E-state index in [2.05, 4.69) is 12.2 Å². The van der Waals surface area contributed by atoms with Gasteiger partial charge in [0.1, 0.15) is 0 Å². The van der Waals surface area contributed by atoms with Crippen molar-refractivity contribution in [1.29, 1.82) is 0 Å². The first-order valence-corrected chi connectivity index (χ1v) is 7.07. The summed E-state index contributed by atoms with van der Waals surface area (Å²) < 4.78 is 0. The molecule has 2 saturated carbocycles. The van der Waals surface area contributed by atoms with Gasteiger partial charge in [-0.15, -0.1) is 0 Å². The fraction of sp³-hybridized carbons (Fsp3) is 0.562. The van der Waals surface area contributed by atoms with E-state index in [9.17, 15) is 4.79 Å². The van der Waals surface area contributed by atoms with Crippen molar-refractivity contribution in [2.75, 3.05) is 5.32 Å². The normalized spacial score (nSPS) is 29.5. The van der Waals surface area contributed by atoms with Crippen LogP contribution in [0.4, 0.5) is 5.69 Å². The van der Waals surface area contributed by atoms with Gasteiger partial charge in [-0.05, 0) is 56.1 Å². The van der Waals surface area contributed by atoms with Gasteiger partial charge in [-0.3, -0.25) is 4.79 Å². The van der Waals surface area contributed by atoms with Gasteiger partial charge in [-0.25, -0.2) is 0 Å². The highest BCUT2D eigenvalue weighted by Crippen LogP contribution is 2.49. The number of carbonyl (C=O) groups is 1. The first-order chi connectivity index (χ1) is 8.70. The summed E-state index contributed by atoms with van der Waals surface area (Å²) >= 11 is 0. The monoisotopic (exact) mass is 243 g/mol. The number of rotatable bonds is 3. The van der Waals surface area contributed by atoms with Crippen molar-refractivity contribution in [3.8, 4) is 0 Å². The Hall–Kier alpha value is -1.31. The highest BCUT2D eigenvalue weighted by Gasteiger charge is 2.40. The van der Waals surface area contributed by atoms with Crippen LogP contribution in [-0.4, -0.2) is 5.91 Å². The number of hydrogen-bond acceptors (Lipinski definition) is 1. The summed E-state index contributed by atoms with van der Waals surface area (Å²) in [5.41, 5.74) is 2.15. The van der Waals surface area contributed by atoms with E-state index >= 15 is 0 Å². The predicted octanol–water partition coefficient (Wildman–Crippen LogP) is 3.76. The summed E-state index contributed by atoms with van der Waals surface area (Å²) in [7, 11) is 0. The minimum atomic E-state index is 0.191. The number of anilines is 1. The van der Waals surface area contributed by atoms with Gasteiger partial charge in [-0.1, -0.05) is 24.1 Å². The number of fused-ring (bicyclic) bond motifs is 2. The topological polar surface area (TPSA) is 29.1 Å². The molecule has 2 aliphatic carbocycles. The molecule has 1 amide bonds. The van der Waals surface area contributed by atoms with Crippen LogP contribution in [0.2, 0.25) is 0 Å². The molecule has 3 rings (SSSR count). The van der Waals surface area contributed by atoms with Crippen LogP contribution in [0.25, 0.3) is 0 Å². The Kier molecular flexibility index (Phi) is 3.11. The van der Waals surface area contributed by atoms with Gasteiger partial charge in [0.15, 0.2) is 0 Å². The van der Waals surface area contributed by atoms with E-state index in [1.807, 2.05) is 24.3 Å². The number of carbonyl (C=O) groups excluding carboxylic acids is 1. The lowest BCUT2D eigenvalue weighted by atomic mass is 9.86. The Morgan fingerprint density at radius 3 is 2.61 bits per heavy atom. The molecular formula is C16H21NO. The molecule has 1 N–H and O–H groups in total. The van der Waals surface area contributed by atoms with Crippen LogP contribution in [0.1, 0.15) is 37.7 Å². The number of nitrogens with one attached hydrogen (secondary N) is 1. The Balaban J connectivity index is 1.54. The van der Waals surface area contributed by atoms with Crippen molar-refractivity contribution in [2.24, 2.45) is 17.8 Å². The number of aryl methyl sites for hydroxylation is 1. The molecule has 2 aliphatic rings. The van der Waals surface area contributed by atoms with Gasteiger partial charge >= 0.3 is 0 Å². The first kappa shape index (κ1) is 11.8. The summed E-state index contributed by atoms with van der Waals surface area (Å²) in [6, 6.07) is 8.03. The maximum atomic E-state index is 12.0. The van der Waals surface area contributed by atoms with E-state index in [0.717, 1.165) is 23.9 Å². The standard InChI is InChI=1S/C16H21NO/c1-11-2-6-15(7-3-11)17-16(18)10-14-9-12-4-5-13(14)8-12/h2-3,6-7,12-14H,4-5,8-10H2,1H3,(H,17,18)/t12-,13-,14+/m1/s1. The number of amides is 1. The minimum Gasteiger partial charge on any atom is -0.326 e. The maximum absolute atomic E-state index is 12.0. The summed E-state index contributed by atoms with van der Waals surface area (Å²) in [5.74, 6) is 2.59. The minimum absolute atomic E-state index is 0.191. The average molecular weight is 243 g/mol. The Morgan fingerprint density at radius 2 is 2.00 bits per heavy atom. The summed E-state index contributed by atoms with van der Waals surface area (Å²) in [6.45, 7) is 2.06. The molecule has 18 heavy (non-hydrogen) atoms. The van der Waals surface area contributed by atoms with Crippen LogP contribution < -0.4 is 5.32 Å². The maximum Gasteiger partial charge on any atom is 0.224 e. The molecule has 3 atom stereocenters. The van der Waals surface area contributed by atoms with E-state index in [1.165, 1.54) is 31.2 Å². The zero-order chi connectivity index (χ0) is 12.5. The highest BCUT2D eigenvalue weighted by atomic mass is 16.1. The van der Waals surface area contributed by atoms with Crippen LogP contribution in [0.5, 0.6) is 0 Å². The van der Waals surface area contributed by atoms with Crippen molar-refractivity contribution in [3.63, 3.8) is 0 Å². The van der Waals surface area contributed by atoms with Crippen molar-refractivity contribution in [1.82, 2.24) is 0 Å². The molecule has 0 heterocycles. The molecule has 1 aromatic rings. The fourth-order valence-electron chi connectivity index (χ4n) is 3.71. The van der Waals surface area contributed by atoms with Gasteiger partial charge in [0, 0.05) is 12.1 Å². The SMILES string of the molecule is Cc1ccc(NC(=O)C[C@@H]2C[C@@H]3CC[C@@H]2C3)cc1. The van der Waals surface area contributed by atoms with Crippen LogP contribution in [-0.2, 0) is 4.79 Å². The summed E-state index contributed by atoms with van der Waals surface area (Å²) in [4.78, 5) is 12.0. The van der Waals surface area contributed by atoms with E-state index in [-0.39, 0.29) is 5.91 Å². The molecule has 0 spiro atoms. The van der Waals surface area contributed by atoms with Crippen molar-refractivity contribution in [2.45, 2.75) is 39.0 Å². The highest BCUT2D eigenvalue weighted by molar-refractivity contribution is 5.90. The summed E-state index contributed by atoms with van der Waals surface area (Å²) in [5, 5.41) is 3.02. The van der Waals surface area contributed by atoms with Crippen LogP contribution in [0.15, 0.2) is 24.3 Å². The molecule has 0 aromatic heterocycles. The summed E-state index contributed by atoms with van der Waals surface area (Å²) in [6.07, 6.45) is 6.14. The first-order valence-electron chi connectivity index (χ1n) is 7.07. The van der Waals surface area contributed by atoms with E-state index in [4.69, 9.17) is 0 Å². The second-order valence-corrected chi connectivity index (χ2v) is 6.05. The zero-order valence-electron chi connectivity index (χ0n) is 11.0. The van der Waals surface area contributed by atoms with Crippen LogP contribution >= 0.6 is 0 Å². The van der Waals surface area contributed by atoms with Gasteiger partial charge < -0.3 is 5.32 Å². The van der Waals surface area contributed by atoms with E-state index in [0.29, 0.717) is 5.92 Å². The van der Waals surface area contributed by atoms with Crippen molar-refractivity contribution in [3.05, 3.63) is 29.8 Å². The van der Waals surface area contributed by atoms with Crippen LogP contribution in [0, 0.1) is 24.7 Å². The van der Waals surface area contributed by atoms with Gasteiger partial charge in [-0.2, -0.15) is 0 Å². The largest absolute Gasteiger partial charge is 0.326 e. The third-order valence-corrected chi connectivity index (χ3v) is 4.67. The second-order valence-electron chi connectivity index (χ2n) is 6.05. The Bertz CT molecular complexity index is 437. The fourth-order valence-corrected chi connectivity index (χ4v) is 3.71. The smallest absolute Gasteiger partial charge is 0.224 e. The Morgan fingerprint density at radius 1 is 1.22 bits per heavy atom. The lowest BCUT2D eigenvalue weighted by molar-refractivity contribution is -0.117. The van der Waals surface area contributed by atoms with E-state index < -0.39 is 0 Å². The van der Waals surface area contributed by atoms with Crippen molar-refractivity contribution < 1.29 is 4.79 Å². The molecule has 0 saturated heterocycles. The molecule has 2 heteroatoms. The predicted molar refractivity (Wildman–Crippen MR) is 73.4 cm³/mol. The molecule has 0 radical (unpaired) electrons. The lowest BCUT2D eigenvalue weighted by Crippen LogP contribution is -2.20. The molecule has 2 nitrogen and oxygen atoms in total.